The van der Waals surface area contributed by atoms with E-state index in [0.29, 0.717) is 29.8 Å². The highest BCUT2D eigenvalue weighted by molar-refractivity contribution is 7.91. The molecule has 0 radical (unpaired) electrons. The van der Waals surface area contributed by atoms with Gasteiger partial charge in [-0.2, -0.15) is 0 Å². The van der Waals surface area contributed by atoms with Crippen LogP contribution in [-0.4, -0.2) is 88.1 Å². The maximum absolute atomic E-state index is 14.2. The average Bonchev–Trinajstić information content (AvgIpc) is 3.16. The number of benzene rings is 3. The van der Waals surface area contributed by atoms with Crippen LogP contribution in [0.1, 0.15) is 80.5 Å². The predicted octanol–water partition coefficient (Wildman–Crippen LogP) is 6.66. The maximum atomic E-state index is 14.2. The molecule has 8 heteroatoms. The fourth-order valence-corrected chi connectivity index (χ4v) is 10.7. The molecule has 3 aromatic rings. The summed E-state index contributed by atoms with van der Waals surface area (Å²) < 4.78 is 29.6. The largest absolute Gasteiger partial charge is 0.392 e. The molecule has 0 aliphatic carbocycles. The molecule has 0 amide bonds. The van der Waals surface area contributed by atoms with Crippen molar-refractivity contribution in [1.82, 2.24) is 4.90 Å². The molecule has 2 atom stereocenters. The smallest absolute Gasteiger partial charge is 0.179 e. The summed E-state index contributed by atoms with van der Waals surface area (Å²) >= 11 is 0. The molecule has 3 fully saturated rings. The van der Waals surface area contributed by atoms with E-state index in [1.54, 1.807) is 6.07 Å². The molecule has 0 spiro atoms. The topological polar surface area (TPSA) is 72.9 Å². The van der Waals surface area contributed by atoms with E-state index < -0.39 is 27.3 Å². The molecule has 4 aliphatic heterocycles. The number of sulfone groups is 1. The summed E-state index contributed by atoms with van der Waals surface area (Å²) in [4.78, 5) is 4.96. The number of aliphatic hydroxyl groups excluding tert-OH is 1. The van der Waals surface area contributed by atoms with Gasteiger partial charge in [-0.15, -0.1) is 0 Å². The van der Waals surface area contributed by atoms with E-state index in [2.05, 4.69) is 66.5 Å². The third-order valence-corrected chi connectivity index (χ3v) is 13.6. The van der Waals surface area contributed by atoms with Crippen LogP contribution in [-0.2, 0) is 22.9 Å². The molecule has 0 saturated carbocycles. The van der Waals surface area contributed by atoms with Crippen molar-refractivity contribution in [1.29, 1.82) is 0 Å². The minimum atomic E-state index is -3.63. The lowest BCUT2D eigenvalue weighted by Gasteiger charge is -2.50. The van der Waals surface area contributed by atoms with Gasteiger partial charge in [0.25, 0.3) is 0 Å². The van der Waals surface area contributed by atoms with Crippen molar-refractivity contribution < 1.29 is 18.0 Å². The van der Waals surface area contributed by atoms with Gasteiger partial charge in [-0.05, 0) is 59.9 Å². The van der Waals surface area contributed by atoms with Gasteiger partial charge in [-0.1, -0.05) is 75.9 Å². The molecule has 7 nitrogen and oxygen atoms in total. The van der Waals surface area contributed by atoms with Crippen LogP contribution >= 0.6 is 0 Å². The summed E-state index contributed by atoms with van der Waals surface area (Å²) in [6.07, 6.45) is 4.26. The first kappa shape index (κ1) is 34.9. The van der Waals surface area contributed by atoms with E-state index >= 15 is 0 Å². The lowest BCUT2D eigenvalue weighted by molar-refractivity contribution is -0.953. The Labute approximate surface area is 289 Å². The van der Waals surface area contributed by atoms with E-state index in [0.717, 1.165) is 49.2 Å². The zero-order chi connectivity index (χ0) is 33.9. The fourth-order valence-electron chi connectivity index (χ4n) is 8.55. The molecular weight excluding hydrogens is 617 g/mol. The first-order valence-corrected chi connectivity index (χ1v) is 19.9. The number of rotatable bonds is 13. The van der Waals surface area contributed by atoms with Crippen molar-refractivity contribution >= 4 is 21.2 Å². The minimum Gasteiger partial charge on any atom is -0.392 e. The summed E-state index contributed by atoms with van der Waals surface area (Å²) in [7, 11) is 0.310. The van der Waals surface area contributed by atoms with E-state index in [4.69, 9.17) is 0 Å². The molecule has 48 heavy (non-hydrogen) atoms. The van der Waals surface area contributed by atoms with Crippen LogP contribution in [0.2, 0.25) is 0 Å². The number of anilines is 2. The SMILES string of the molecule is CCCCC1(CCCC)CS(=O)(=O)c2ccc(N(C)C)cc2[C@@H](c2cccc(NCc3ccc(C[N+]45CCN(CC4)CC5)cc3)c2)[C@H]1O. The molecule has 2 N–H and O–H groups in total. The number of hydrogen-bond acceptors (Lipinski definition) is 6. The van der Waals surface area contributed by atoms with Crippen molar-refractivity contribution in [3.05, 3.63) is 89.0 Å². The van der Waals surface area contributed by atoms with Crippen molar-refractivity contribution in [2.24, 2.45) is 5.41 Å². The van der Waals surface area contributed by atoms with Gasteiger partial charge in [0.05, 0.1) is 36.4 Å². The second-order valence-corrected chi connectivity index (χ2v) is 17.1. The Morgan fingerprint density at radius 1 is 0.896 bits per heavy atom. The molecule has 4 heterocycles. The zero-order valence-corrected chi connectivity index (χ0v) is 30.4. The minimum absolute atomic E-state index is 0.0155. The molecule has 3 saturated heterocycles. The maximum Gasteiger partial charge on any atom is 0.179 e. The van der Waals surface area contributed by atoms with Crippen molar-refractivity contribution in [2.75, 3.05) is 69.3 Å². The predicted molar refractivity (Wildman–Crippen MR) is 197 cm³/mol. The van der Waals surface area contributed by atoms with Gasteiger partial charge in [0, 0.05) is 68.5 Å². The molecule has 7 rings (SSSR count). The Morgan fingerprint density at radius 2 is 1.54 bits per heavy atom. The summed E-state index contributed by atoms with van der Waals surface area (Å²) in [5.41, 5.74) is 5.48. The van der Waals surface area contributed by atoms with Gasteiger partial charge in [-0.3, -0.25) is 4.90 Å². The number of nitrogens with one attached hydrogen (secondary N) is 1. The Kier molecular flexibility index (Phi) is 10.6. The Balaban J connectivity index is 1.28. The molecule has 0 unspecified atom stereocenters. The highest BCUT2D eigenvalue weighted by Crippen LogP contribution is 2.50. The number of piperazine rings is 3. The zero-order valence-electron chi connectivity index (χ0n) is 29.6. The van der Waals surface area contributed by atoms with Crippen LogP contribution in [0.5, 0.6) is 0 Å². The van der Waals surface area contributed by atoms with Crippen molar-refractivity contribution in [3.8, 4) is 0 Å². The standard InChI is InChI=1S/C40H57N4O3S/c1-5-7-18-40(19-8-6-2)30-48(46,47)37-17-16-35(42(3)4)27-36(37)38(39(40)45)33-10-9-11-34(26-33)41-28-31-12-14-32(15-13-31)29-44-23-20-43(21-24-44)22-25-44/h9-17,26-27,38-39,41,45H,5-8,18-25,28-30H2,1-4H3/q+1/t38-,39-/m1/s1. The van der Waals surface area contributed by atoms with E-state index in [-0.39, 0.29) is 5.75 Å². The quantitative estimate of drug-likeness (QED) is 0.198. The van der Waals surface area contributed by atoms with Crippen LogP contribution in [0, 0.1) is 5.41 Å². The molecular formula is C40H57N4O3S+. The Hall–Kier alpha value is -2.91. The molecule has 4 aliphatic rings. The van der Waals surface area contributed by atoms with Gasteiger partial charge in [0.1, 0.15) is 6.54 Å². The van der Waals surface area contributed by atoms with Gasteiger partial charge in [0.2, 0.25) is 0 Å². The van der Waals surface area contributed by atoms with Gasteiger partial charge in [-0.25, -0.2) is 8.42 Å². The summed E-state index contributed by atoms with van der Waals surface area (Å²) in [6, 6.07) is 23.1. The molecule has 2 bridgehead atoms. The van der Waals surface area contributed by atoms with Gasteiger partial charge < -0.3 is 19.8 Å². The van der Waals surface area contributed by atoms with Crippen LogP contribution in [0.3, 0.4) is 0 Å². The number of hydrogen-bond donors (Lipinski definition) is 2. The number of nitrogens with zero attached hydrogens (tertiary/aromatic N) is 3. The summed E-state index contributed by atoms with van der Waals surface area (Å²) in [6.45, 7) is 13.6. The highest BCUT2D eigenvalue weighted by atomic mass is 32.2. The van der Waals surface area contributed by atoms with Crippen LogP contribution in [0.4, 0.5) is 11.4 Å². The summed E-state index contributed by atoms with van der Waals surface area (Å²) in [5.74, 6) is -0.477. The van der Waals surface area contributed by atoms with Gasteiger partial charge >= 0.3 is 0 Å². The van der Waals surface area contributed by atoms with Crippen molar-refractivity contribution in [3.63, 3.8) is 0 Å². The number of unbranched alkanes of at least 4 members (excludes halogenated alkanes) is 2. The third-order valence-electron chi connectivity index (χ3n) is 11.6. The first-order valence-electron chi connectivity index (χ1n) is 18.3. The molecule has 0 aromatic heterocycles. The summed E-state index contributed by atoms with van der Waals surface area (Å²) in [5, 5.41) is 16.2. The Morgan fingerprint density at radius 3 is 2.17 bits per heavy atom. The monoisotopic (exact) mass is 673 g/mol. The Bertz CT molecular complexity index is 1630. The third kappa shape index (κ3) is 7.32. The fraction of sp³-hybridized carbons (Fsp3) is 0.550. The number of quaternary nitrogens is 1. The van der Waals surface area contributed by atoms with Crippen molar-refractivity contribution in [2.45, 2.75) is 82.4 Å². The lowest BCUT2D eigenvalue weighted by atomic mass is 9.68. The van der Waals surface area contributed by atoms with E-state index in [1.165, 1.54) is 54.9 Å². The van der Waals surface area contributed by atoms with Crippen LogP contribution in [0.15, 0.2) is 71.6 Å². The molecule has 260 valence electrons. The van der Waals surface area contributed by atoms with Gasteiger partial charge in [0.15, 0.2) is 9.84 Å². The molecule has 3 aromatic carbocycles. The lowest BCUT2D eigenvalue weighted by Crippen LogP contribution is -2.66. The van der Waals surface area contributed by atoms with Crippen LogP contribution < -0.4 is 10.2 Å². The first-order chi connectivity index (χ1) is 23.1. The highest BCUT2D eigenvalue weighted by Gasteiger charge is 2.49. The number of fused-ring (bicyclic) bond motifs is 4. The van der Waals surface area contributed by atoms with Crippen LogP contribution in [0.25, 0.3) is 0 Å². The second-order valence-electron chi connectivity index (χ2n) is 15.2. The second kappa shape index (κ2) is 14.5. The van der Waals surface area contributed by atoms with E-state index in [1.807, 2.05) is 37.2 Å². The van der Waals surface area contributed by atoms with E-state index in [9.17, 15) is 13.5 Å². The normalized spacial score (nSPS) is 25.6. The number of aliphatic hydroxyl groups is 1. The average molecular weight is 674 g/mol.